The van der Waals surface area contributed by atoms with Gasteiger partial charge in [-0.3, -0.25) is 4.90 Å². The van der Waals surface area contributed by atoms with Crippen LogP contribution < -0.4 is 4.74 Å². The van der Waals surface area contributed by atoms with E-state index < -0.39 is 0 Å². The maximum absolute atomic E-state index is 5.53. The second-order valence-electron chi connectivity index (χ2n) is 4.74. The van der Waals surface area contributed by atoms with E-state index in [4.69, 9.17) is 4.74 Å². The molecule has 1 unspecified atom stereocenters. The van der Waals surface area contributed by atoms with E-state index in [1.165, 1.54) is 24.9 Å². The van der Waals surface area contributed by atoms with Crippen LogP contribution >= 0.6 is 0 Å². The van der Waals surface area contributed by atoms with Gasteiger partial charge in [-0.05, 0) is 45.8 Å². The molecule has 88 valence electrons. The largest absolute Gasteiger partial charge is 0.475 e. The minimum absolute atomic E-state index is 0.188. The van der Waals surface area contributed by atoms with Gasteiger partial charge in [0.15, 0.2) is 0 Å². The van der Waals surface area contributed by atoms with Gasteiger partial charge in [0, 0.05) is 18.3 Å². The molecule has 0 aliphatic carbocycles. The lowest BCUT2D eigenvalue weighted by molar-refractivity contribution is 0.232. The molecule has 1 saturated heterocycles. The standard InChI is InChI=1S/C13H20N2O/c1-10(2)16-13-7-6-11(9-14-13)12-5-4-8-15(12)3/h6-7,9-10,12H,4-5,8H2,1-3H3. The van der Waals surface area contributed by atoms with E-state index in [1.807, 2.05) is 26.1 Å². The summed E-state index contributed by atoms with van der Waals surface area (Å²) in [6.07, 6.45) is 4.66. The number of rotatable bonds is 3. The molecule has 0 amide bonds. The molecule has 2 rings (SSSR count). The average Bonchev–Trinajstić information content (AvgIpc) is 2.65. The van der Waals surface area contributed by atoms with E-state index in [1.54, 1.807) is 0 Å². The van der Waals surface area contributed by atoms with Crippen LogP contribution in [0.15, 0.2) is 18.3 Å². The van der Waals surface area contributed by atoms with Crippen LogP contribution in [-0.4, -0.2) is 29.6 Å². The van der Waals surface area contributed by atoms with Crippen molar-refractivity contribution >= 4 is 0 Å². The number of hydrogen-bond acceptors (Lipinski definition) is 3. The predicted octanol–water partition coefficient (Wildman–Crippen LogP) is 2.64. The third-order valence-corrected chi connectivity index (χ3v) is 3.02. The van der Waals surface area contributed by atoms with Gasteiger partial charge in [-0.2, -0.15) is 0 Å². The molecular formula is C13H20N2O. The fourth-order valence-corrected chi connectivity index (χ4v) is 2.23. The first-order chi connectivity index (χ1) is 7.66. The molecule has 0 aromatic carbocycles. The lowest BCUT2D eigenvalue weighted by Gasteiger charge is -2.19. The van der Waals surface area contributed by atoms with E-state index in [9.17, 15) is 0 Å². The Bertz CT molecular complexity index is 334. The number of pyridine rings is 1. The monoisotopic (exact) mass is 220 g/mol. The van der Waals surface area contributed by atoms with Crippen molar-refractivity contribution in [1.29, 1.82) is 0 Å². The van der Waals surface area contributed by atoms with Gasteiger partial charge in [-0.25, -0.2) is 4.98 Å². The van der Waals surface area contributed by atoms with Crippen LogP contribution in [0.2, 0.25) is 0 Å². The maximum atomic E-state index is 5.53. The normalized spacial score (nSPS) is 21.6. The zero-order chi connectivity index (χ0) is 11.5. The highest BCUT2D eigenvalue weighted by atomic mass is 16.5. The SMILES string of the molecule is CC(C)Oc1ccc(C2CCCN2C)cn1. The van der Waals surface area contributed by atoms with E-state index in [2.05, 4.69) is 23.0 Å². The third kappa shape index (κ3) is 2.53. The van der Waals surface area contributed by atoms with Gasteiger partial charge in [-0.1, -0.05) is 6.07 Å². The zero-order valence-electron chi connectivity index (χ0n) is 10.3. The molecule has 1 aromatic heterocycles. The van der Waals surface area contributed by atoms with Crippen molar-refractivity contribution in [3.8, 4) is 5.88 Å². The summed E-state index contributed by atoms with van der Waals surface area (Å²) in [6.45, 7) is 5.22. The Kier molecular flexibility index (Phi) is 3.44. The number of aromatic nitrogens is 1. The summed E-state index contributed by atoms with van der Waals surface area (Å²) in [4.78, 5) is 6.74. The van der Waals surface area contributed by atoms with Crippen molar-refractivity contribution in [2.45, 2.75) is 38.8 Å². The Hall–Kier alpha value is -1.09. The van der Waals surface area contributed by atoms with Crippen molar-refractivity contribution in [1.82, 2.24) is 9.88 Å². The molecule has 1 aliphatic rings. The highest BCUT2D eigenvalue weighted by Crippen LogP contribution is 2.30. The Labute approximate surface area is 97.4 Å². The molecule has 0 saturated carbocycles. The van der Waals surface area contributed by atoms with E-state index in [0.717, 1.165) is 5.88 Å². The van der Waals surface area contributed by atoms with Crippen molar-refractivity contribution in [2.24, 2.45) is 0 Å². The summed E-state index contributed by atoms with van der Waals surface area (Å²) >= 11 is 0. The minimum atomic E-state index is 0.188. The summed E-state index contributed by atoms with van der Waals surface area (Å²) in [5.74, 6) is 0.722. The Balaban J connectivity index is 2.07. The second-order valence-corrected chi connectivity index (χ2v) is 4.74. The van der Waals surface area contributed by atoms with Gasteiger partial charge in [-0.15, -0.1) is 0 Å². The molecular weight excluding hydrogens is 200 g/mol. The molecule has 16 heavy (non-hydrogen) atoms. The summed E-state index contributed by atoms with van der Waals surface area (Å²) in [5.41, 5.74) is 1.30. The summed E-state index contributed by atoms with van der Waals surface area (Å²) in [7, 11) is 2.18. The van der Waals surface area contributed by atoms with Gasteiger partial charge >= 0.3 is 0 Å². The number of hydrogen-bond donors (Lipinski definition) is 0. The van der Waals surface area contributed by atoms with Crippen LogP contribution in [0, 0.1) is 0 Å². The zero-order valence-corrected chi connectivity index (χ0v) is 10.3. The summed E-state index contributed by atoms with van der Waals surface area (Å²) < 4.78 is 5.53. The van der Waals surface area contributed by atoms with Gasteiger partial charge < -0.3 is 4.74 Å². The highest BCUT2D eigenvalue weighted by Gasteiger charge is 2.22. The molecule has 0 radical (unpaired) electrons. The van der Waals surface area contributed by atoms with Crippen LogP contribution in [0.25, 0.3) is 0 Å². The first-order valence-corrected chi connectivity index (χ1v) is 5.99. The van der Waals surface area contributed by atoms with Crippen molar-refractivity contribution < 1.29 is 4.74 Å². The maximum Gasteiger partial charge on any atom is 0.213 e. The average molecular weight is 220 g/mol. The predicted molar refractivity (Wildman–Crippen MR) is 64.6 cm³/mol. The highest BCUT2D eigenvalue weighted by molar-refractivity contribution is 5.21. The van der Waals surface area contributed by atoms with Crippen LogP contribution in [0.4, 0.5) is 0 Å². The van der Waals surface area contributed by atoms with Gasteiger partial charge in [0.25, 0.3) is 0 Å². The molecule has 3 nitrogen and oxygen atoms in total. The lowest BCUT2D eigenvalue weighted by Crippen LogP contribution is -2.17. The molecule has 0 N–H and O–H groups in total. The molecule has 0 bridgehead atoms. The Morgan fingerprint density at radius 3 is 2.75 bits per heavy atom. The van der Waals surface area contributed by atoms with Crippen LogP contribution in [0.3, 0.4) is 0 Å². The smallest absolute Gasteiger partial charge is 0.213 e. The summed E-state index contributed by atoms with van der Waals surface area (Å²) in [6, 6.07) is 4.65. The molecule has 1 aliphatic heterocycles. The van der Waals surface area contributed by atoms with E-state index in [0.29, 0.717) is 6.04 Å². The molecule has 0 spiro atoms. The van der Waals surface area contributed by atoms with Crippen LogP contribution in [0.1, 0.15) is 38.3 Å². The van der Waals surface area contributed by atoms with Crippen LogP contribution in [-0.2, 0) is 0 Å². The minimum Gasteiger partial charge on any atom is -0.475 e. The molecule has 2 heterocycles. The first kappa shape index (κ1) is 11.4. The molecule has 1 aromatic rings. The van der Waals surface area contributed by atoms with Gasteiger partial charge in [0.2, 0.25) is 5.88 Å². The van der Waals surface area contributed by atoms with Crippen LogP contribution in [0.5, 0.6) is 5.88 Å². The lowest BCUT2D eigenvalue weighted by atomic mass is 10.1. The Morgan fingerprint density at radius 1 is 1.44 bits per heavy atom. The van der Waals surface area contributed by atoms with E-state index >= 15 is 0 Å². The van der Waals surface area contributed by atoms with E-state index in [-0.39, 0.29) is 6.10 Å². The van der Waals surface area contributed by atoms with Crippen molar-refractivity contribution in [3.05, 3.63) is 23.9 Å². The first-order valence-electron chi connectivity index (χ1n) is 5.99. The quantitative estimate of drug-likeness (QED) is 0.783. The fraction of sp³-hybridized carbons (Fsp3) is 0.615. The molecule has 1 atom stereocenters. The number of ether oxygens (including phenoxy) is 1. The fourth-order valence-electron chi connectivity index (χ4n) is 2.23. The molecule has 1 fully saturated rings. The number of nitrogens with zero attached hydrogens (tertiary/aromatic N) is 2. The van der Waals surface area contributed by atoms with Crippen molar-refractivity contribution in [2.75, 3.05) is 13.6 Å². The molecule has 3 heteroatoms. The third-order valence-electron chi connectivity index (χ3n) is 3.02. The summed E-state index contributed by atoms with van der Waals surface area (Å²) in [5, 5.41) is 0. The Morgan fingerprint density at radius 2 is 2.25 bits per heavy atom. The van der Waals surface area contributed by atoms with Crippen molar-refractivity contribution in [3.63, 3.8) is 0 Å². The second kappa shape index (κ2) is 4.83. The topological polar surface area (TPSA) is 25.4 Å². The van der Waals surface area contributed by atoms with Gasteiger partial charge in [0.1, 0.15) is 0 Å². The number of likely N-dealkylation sites (tertiary alicyclic amines) is 1. The van der Waals surface area contributed by atoms with Gasteiger partial charge in [0.05, 0.1) is 6.10 Å².